The van der Waals surface area contributed by atoms with Gasteiger partial charge in [0.1, 0.15) is 5.75 Å². The molecular weight excluding hydrogens is 268 g/mol. The maximum atomic E-state index is 12.7. The summed E-state index contributed by atoms with van der Waals surface area (Å²) in [6, 6.07) is 14.2. The molecule has 106 valence electrons. The third-order valence-corrected chi connectivity index (χ3v) is 3.24. The van der Waals surface area contributed by atoms with Crippen molar-refractivity contribution < 1.29 is 4.74 Å². The Morgan fingerprint density at radius 2 is 1.86 bits per heavy atom. The molecule has 1 heterocycles. The molecule has 3 N–H and O–H groups in total. The SMILES string of the molecule is COc1ccc(-n2c(NN)nc3ccccc3c2=O)cc1. The summed E-state index contributed by atoms with van der Waals surface area (Å²) in [7, 11) is 1.59. The van der Waals surface area contributed by atoms with Crippen LogP contribution in [0.25, 0.3) is 16.6 Å². The highest BCUT2D eigenvalue weighted by molar-refractivity contribution is 5.79. The Labute approximate surface area is 120 Å². The number of nitrogens with zero attached hydrogens (tertiary/aromatic N) is 2. The molecule has 0 radical (unpaired) electrons. The van der Waals surface area contributed by atoms with Crippen LogP contribution in [0.3, 0.4) is 0 Å². The summed E-state index contributed by atoms with van der Waals surface area (Å²) in [5.41, 5.74) is 3.55. The Morgan fingerprint density at radius 3 is 2.52 bits per heavy atom. The van der Waals surface area contributed by atoms with Gasteiger partial charge in [0.25, 0.3) is 5.56 Å². The molecular formula is C15H14N4O2. The molecule has 0 saturated heterocycles. The van der Waals surface area contributed by atoms with Gasteiger partial charge >= 0.3 is 0 Å². The van der Waals surface area contributed by atoms with Crippen molar-refractivity contribution in [3.63, 3.8) is 0 Å². The van der Waals surface area contributed by atoms with Gasteiger partial charge in [-0.2, -0.15) is 0 Å². The largest absolute Gasteiger partial charge is 0.497 e. The lowest BCUT2D eigenvalue weighted by molar-refractivity contribution is 0.414. The monoisotopic (exact) mass is 282 g/mol. The fourth-order valence-corrected chi connectivity index (χ4v) is 2.20. The molecule has 0 aliphatic rings. The van der Waals surface area contributed by atoms with E-state index in [-0.39, 0.29) is 11.5 Å². The predicted molar refractivity (Wildman–Crippen MR) is 81.7 cm³/mol. The van der Waals surface area contributed by atoms with Crippen molar-refractivity contribution >= 4 is 16.9 Å². The molecule has 0 atom stereocenters. The molecule has 3 rings (SSSR count). The van der Waals surface area contributed by atoms with E-state index in [1.165, 1.54) is 4.57 Å². The van der Waals surface area contributed by atoms with Crippen molar-refractivity contribution in [1.82, 2.24) is 9.55 Å². The first-order valence-corrected chi connectivity index (χ1v) is 6.37. The zero-order valence-electron chi connectivity index (χ0n) is 11.4. The second-order valence-electron chi connectivity index (χ2n) is 4.44. The van der Waals surface area contributed by atoms with Crippen molar-refractivity contribution in [3.05, 3.63) is 58.9 Å². The summed E-state index contributed by atoms with van der Waals surface area (Å²) in [5.74, 6) is 6.50. The summed E-state index contributed by atoms with van der Waals surface area (Å²) >= 11 is 0. The van der Waals surface area contributed by atoms with Gasteiger partial charge in [0.2, 0.25) is 5.95 Å². The lowest BCUT2D eigenvalue weighted by atomic mass is 10.2. The first-order chi connectivity index (χ1) is 10.2. The Kier molecular flexibility index (Phi) is 3.29. The molecule has 6 nitrogen and oxygen atoms in total. The number of nitrogens with one attached hydrogen (secondary N) is 1. The summed E-state index contributed by atoms with van der Waals surface area (Å²) in [6.07, 6.45) is 0. The van der Waals surface area contributed by atoms with Gasteiger partial charge in [-0.05, 0) is 36.4 Å². The fraction of sp³-hybridized carbons (Fsp3) is 0.0667. The highest BCUT2D eigenvalue weighted by atomic mass is 16.5. The van der Waals surface area contributed by atoms with E-state index in [9.17, 15) is 4.79 Å². The molecule has 2 aromatic carbocycles. The minimum atomic E-state index is -0.182. The van der Waals surface area contributed by atoms with Crippen LogP contribution >= 0.6 is 0 Å². The van der Waals surface area contributed by atoms with Crippen LogP contribution in [0.5, 0.6) is 5.75 Å². The average molecular weight is 282 g/mol. The number of hydrogen-bond donors (Lipinski definition) is 2. The van der Waals surface area contributed by atoms with Crippen LogP contribution in [0.1, 0.15) is 0 Å². The van der Waals surface area contributed by atoms with E-state index >= 15 is 0 Å². The molecule has 1 aromatic heterocycles. The van der Waals surface area contributed by atoms with E-state index in [1.54, 1.807) is 49.6 Å². The number of hydrogen-bond acceptors (Lipinski definition) is 5. The Balaban J connectivity index is 2.29. The Bertz CT molecular complexity index is 840. The molecule has 0 aliphatic carbocycles. The summed E-state index contributed by atoms with van der Waals surface area (Å²) in [6.45, 7) is 0. The number of rotatable bonds is 3. The number of benzene rings is 2. The van der Waals surface area contributed by atoms with Crippen LogP contribution in [-0.4, -0.2) is 16.7 Å². The molecule has 0 aliphatic heterocycles. The Morgan fingerprint density at radius 1 is 1.14 bits per heavy atom. The van der Waals surface area contributed by atoms with Crippen molar-refractivity contribution in [3.8, 4) is 11.4 Å². The first-order valence-electron chi connectivity index (χ1n) is 6.37. The fourth-order valence-electron chi connectivity index (χ4n) is 2.20. The number of nitrogen functional groups attached to an aromatic ring is 1. The smallest absolute Gasteiger partial charge is 0.267 e. The van der Waals surface area contributed by atoms with Gasteiger partial charge in [0, 0.05) is 0 Å². The molecule has 0 spiro atoms. The molecule has 6 heteroatoms. The Hall–Kier alpha value is -2.86. The van der Waals surface area contributed by atoms with Crippen LogP contribution < -0.4 is 21.6 Å². The number of anilines is 1. The van der Waals surface area contributed by atoms with E-state index in [0.29, 0.717) is 22.3 Å². The lowest BCUT2D eigenvalue weighted by Crippen LogP contribution is -2.25. The van der Waals surface area contributed by atoms with Gasteiger partial charge in [0.05, 0.1) is 23.7 Å². The number of para-hydroxylation sites is 1. The highest BCUT2D eigenvalue weighted by Gasteiger charge is 2.11. The quantitative estimate of drug-likeness (QED) is 0.564. The van der Waals surface area contributed by atoms with Gasteiger partial charge in [-0.1, -0.05) is 12.1 Å². The van der Waals surface area contributed by atoms with E-state index < -0.39 is 0 Å². The standard InChI is InChI=1S/C15H14N4O2/c1-21-11-8-6-10(7-9-11)19-14(20)12-4-2-3-5-13(12)17-15(19)18-16/h2-9H,16H2,1H3,(H,17,18). The molecule has 0 amide bonds. The summed E-state index contributed by atoms with van der Waals surface area (Å²) < 4.78 is 6.55. The topological polar surface area (TPSA) is 82.2 Å². The van der Waals surface area contributed by atoms with Gasteiger partial charge in [-0.3, -0.25) is 10.2 Å². The number of aromatic nitrogens is 2. The van der Waals surface area contributed by atoms with Crippen molar-refractivity contribution in [2.75, 3.05) is 12.5 Å². The van der Waals surface area contributed by atoms with Gasteiger partial charge in [-0.15, -0.1) is 0 Å². The first kappa shape index (κ1) is 13.1. The van der Waals surface area contributed by atoms with Crippen LogP contribution in [0.2, 0.25) is 0 Å². The molecule has 3 aromatic rings. The third kappa shape index (κ3) is 2.21. The predicted octanol–water partition coefficient (Wildman–Crippen LogP) is 1.68. The molecule has 21 heavy (non-hydrogen) atoms. The molecule has 0 fully saturated rings. The molecule has 0 unspecified atom stereocenters. The van der Waals surface area contributed by atoms with E-state index in [4.69, 9.17) is 10.6 Å². The third-order valence-electron chi connectivity index (χ3n) is 3.24. The van der Waals surface area contributed by atoms with E-state index in [0.717, 1.165) is 0 Å². The highest BCUT2D eigenvalue weighted by Crippen LogP contribution is 2.18. The van der Waals surface area contributed by atoms with Gasteiger partial charge < -0.3 is 4.74 Å². The van der Waals surface area contributed by atoms with Crippen LogP contribution in [0.15, 0.2) is 53.3 Å². The zero-order chi connectivity index (χ0) is 14.8. The maximum Gasteiger partial charge on any atom is 0.267 e. The number of hydrazine groups is 1. The second kappa shape index (κ2) is 5.26. The van der Waals surface area contributed by atoms with Crippen LogP contribution in [0.4, 0.5) is 5.95 Å². The van der Waals surface area contributed by atoms with Crippen LogP contribution in [-0.2, 0) is 0 Å². The number of fused-ring (bicyclic) bond motifs is 1. The molecule has 0 saturated carbocycles. The minimum Gasteiger partial charge on any atom is -0.497 e. The minimum absolute atomic E-state index is 0.182. The van der Waals surface area contributed by atoms with Crippen LogP contribution in [0, 0.1) is 0 Å². The normalized spacial score (nSPS) is 10.6. The lowest BCUT2D eigenvalue weighted by Gasteiger charge is -2.13. The van der Waals surface area contributed by atoms with E-state index in [1.807, 2.05) is 6.07 Å². The van der Waals surface area contributed by atoms with Gasteiger partial charge in [0.15, 0.2) is 0 Å². The number of methoxy groups -OCH3 is 1. The van der Waals surface area contributed by atoms with Gasteiger partial charge in [-0.25, -0.2) is 15.4 Å². The summed E-state index contributed by atoms with van der Waals surface area (Å²) in [4.78, 5) is 17.0. The van der Waals surface area contributed by atoms with Crippen molar-refractivity contribution in [2.24, 2.45) is 5.84 Å². The van der Waals surface area contributed by atoms with Crippen molar-refractivity contribution in [1.29, 1.82) is 0 Å². The molecule has 0 bridgehead atoms. The van der Waals surface area contributed by atoms with Crippen molar-refractivity contribution in [2.45, 2.75) is 0 Å². The zero-order valence-corrected chi connectivity index (χ0v) is 11.4. The average Bonchev–Trinajstić information content (AvgIpc) is 2.55. The number of nitrogens with two attached hydrogens (primary N) is 1. The van der Waals surface area contributed by atoms with E-state index in [2.05, 4.69) is 10.4 Å². The summed E-state index contributed by atoms with van der Waals surface area (Å²) in [5, 5.41) is 0.535. The maximum absolute atomic E-state index is 12.7. The number of ether oxygens (including phenoxy) is 1. The second-order valence-corrected chi connectivity index (χ2v) is 4.44.